The molecule has 0 fully saturated rings. The molecule has 1 aliphatic heterocycles. The lowest BCUT2D eigenvalue weighted by atomic mass is 9.94. The van der Waals surface area contributed by atoms with Crippen molar-refractivity contribution in [2.75, 3.05) is 5.32 Å². The van der Waals surface area contributed by atoms with Gasteiger partial charge >= 0.3 is 5.97 Å². The first-order valence-electron chi connectivity index (χ1n) is 6.42. The van der Waals surface area contributed by atoms with Crippen LogP contribution in [0.2, 0.25) is 0 Å². The molecule has 2 N–H and O–H groups in total. The van der Waals surface area contributed by atoms with Crippen molar-refractivity contribution in [1.29, 1.82) is 0 Å². The van der Waals surface area contributed by atoms with Gasteiger partial charge in [-0.2, -0.15) is 0 Å². The number of Topliss-reactive ketones (excluding diaryl/α,β-unsaturated/α-hetero) is 1. The monoisotopic (exact) mass is 280 g/mol. The minimum Gasteiger partial charge on any atom is -0.480 e. The number of anilines is 2. The Morgan fingerprint density at radius 1 is 1.10 bits per heavy atom. The van der Waals surface area contributed by atoms with Gasteiger partial charge in [0.05, 0.1) is 5.69 Å². The average Bonchev–Trinajstić information content (AvgIpc) is 2.48. The molecular weight excluding hydrogens is 268 g/mol. The number of nitrogens with one attached hydrogen (secondary N) is 1. The molecule has 0 aromatic heterocycles. The number of para-hydroxylation sites is 1. The van der Waals surface area contributed by atoms with Crippen molar-refractivity contribution in [2.45, 2.75) is 0 Å². The van der Waals surface area contributed by atoms with Crippen LogP contribution in [0.4, 0.5) is 17.1 Å². The van der Waals surface area contributed by atoms with E-state index in [2.05, 4.69) is 10.3 Å². The quantitative estimate of drug-likeness (QED) is 0.847. The van der Waals surface area contributed by atoms with Crippen LogP contribution in [0.1, 0.15) is 10.4 Å². The third-order valence-corrected chi connectivity index (χ3v) is 3.24. The number of benzene rings is 2. The molecule has 1 heterocycles. The number of ketones is 1. The highest BCUT2D eigenvalue weighted by atomic mass is 16.4. The Morgan fingerprint density at radius 2 is 1.86 bits per heavy atom. The predicted molar refractivity (Wildman–Crippen MR) is 79.8 cm³/mol. The summed E-state index contributed by atoms with van der Waals surface area (Å²) in [6, 6.07) is 14.7. The first-order valence-corrected chi connectivity index (χ1v) is 6.42. The van der Waals surface area contributed by atoms with Gasteiger partial charge in [0.25, 0.3) is 0 Å². The SMILES string of the molecule is O=C(O)C1C=Nc2cc(Nc3ccccc3)ccc2C1=O. The Kier molecular flexibility index (Phi) is 3.23. The maximum absolute atomic E-state index is 12.0. The molecule has 3 rings (SSSR count). The van der Waals surface area contributed by atoms with E-state index in [9.17, 15) is 9.59 Å². The average molecular weight is 280 g/mol. The van der Waals surface area contributed by atoms with Crippen LogP contribution in [0, 0.1) is 5.92 Å². The first-order chi connectivity index (χ1) is 10.1. The van der Waals surface area contributed by atoms with Crippen LogP contribution < -0.4 is 5.32 Å². The second kappa shape index (κ2) is 5.20. The van der Waals surface area contributed by atoms with Crippen LogP contribution in [-0.2, 0) is 4.79 Å². The van der Waals surface area contributed by atoms with Crippen LogP contribution in [0.3, 0.4) is 0 Å². The summed E-state index contributed by atoms with van der Waals surface area (Å²) < 4.78 is 0. The summed E-state index contributed by atoms with van der Waals surface area (Å²) in [5, 5.41) is 12.2. The van der Waals surface area contributed by atoms with Gasteiger partial charge in [0.1, 0.15) is 0 Å². The molecule has 0 amide bonds. The molecule has 0 bridgehead atoms. The van der Waals surface area contributed by atoms with Gasteiger partial charge < -0.3 is 10.4 Å². The lowest BCUT2D eigenvalue weighted by Gasteiger charge is -2.15. The predicted octanol–water partition coefficient (Wildman–Crippen LogP) is 3.03. The van der Waals surface area contributed by atoms with Gasteiger partial charge in [-0.25, -0.2) is 0 Å². The highest BCUT2D eigenvalue weighted by molar-refractivity contribution is 6.22. The number of hydrogen-bond donors (Lipinski definition) is 2. The molecule has 104 valence electrons. The van der Waals surface area contributed by atoms with E-state index in [1.165, 1.54) is 6.21 Å². The number of aliphatic imine (C=N–C) groups is 1. The molecule has 0 aliphatic carbocycles. The Hall–Kier alpha value is -2.95. The minimum absolute atomic E-state index is 0.337. The van der Waals surface area contributed by atoms with Crippen molar-refractivity contribution in [3.63, 3.8) is 0 Å². The number of nitrogens with zero attached hydrogens (tertiary/aromatic N) is 1. The van der Waals surface area contributed by atoms with Crippen LogP contribution in [0.25, 0.3) is 0 Å². The van der Waals surface area contributed by atoms with E-state index in [1.54, 1.807) is 18.2 Å². The number of carbonyl (C=O) groups is 2. The Bertz CT molecular complexity index is 738. The normalized spacial score (nSPS) is 16.4. The first kappa shape index (κ1) is 13.1. The molecule has 5 heteroatoms. The largest absolute Gasteiger partial charge is 0.480 e. The molecular formula is C16H12N2O3. The van der Waals surface area contributed by atoms with Crippen molar-refractivity contribution < 1.29 is 14.7 Å². The van der Waals surface area contributed by atoms with Crippen molar-refractivity contribution in [1.82, 2.24) is 0 Å². The molecule has 0 spiro atoms. The van der Waals surface area contributed by atoms with Crippen molar-refractivity contribution in [3.05, 3.63) is 54.1 Å². The molecule has 1 atom stereocenters. The van der Waals surface area contributed by atoms with Gasteiger partial charge in [-0.05, 0) is 30.3 Å². The smallest absolute Gasteiger partial charge is 0.319 e. The summed E-state index contributed by atoms with van der Waals surface area (Å²) in [7, 11) is 0. The highest BCUT2D eigenvalue weighted by Gasteiger charge is 2.30. The van der Waals surface area contributed by atoms with E-state index in [0.717, 1.165) is 11.4 Å². The molecule has 0 saturated heterocycles. The fourth-order valence-electron chi connectivity index (χ4n) is 2.18. The van der Waals surface area contributed by atoms with Crippen molar-refractivity contribution in [3.8, 4) is 0 Å². The molecule has 0 radical (unpaired) electrons. The highest BCUT2D eigenvalue weighted by Crippen LogP contribution is 2.30. The number of carboxylic acids is 1. The molecule has 2 aromatic rings. The number of fused-ring (bicyclic) bond motifs is 1. The van der Waals surface area contributed by atoms with Crippen LogP contribution in [0.5, 0.6) is 0 Å². The number of hydrogen-bond acceptors (Lipinski definition) is 4. The third-order valence-electron chi connectivity index (χ3n) is 3.24. The summed E-state index contributed by atoms with van der Waals surface area (Å²) in [5.74, 6) is -2.80. The van der Waals surface area contributed by atoms with Gasteiger partial charge in [-0.3, -0.25) is 14.6 Å². The lowest BCUT2D eigenvalue weighted by Crippen LogP contribution is -2.27. The zero-order valence-electron chi connectivity index (χ0n) is 11.0. The number of aliphatic carboxylic acids is 1. The van der Waals surface area contributed by atoms with Gasteiger partial charge in [-0.15, -0.1) is 0 Å². The van der Waals surface area contributed by atoms with Crippen LogP contribution >= 0.6 is 0 Å². The Morgan fingerprint density at radius 3 is 2.57 bits per heavy atom. The van der Waals surface area contributed by atoms with E-state index in [-0.39, 0.29) is 0 Å². The lowest BCUT2D eigenvalue weighted by molar-refractivity contribution is -0.137. The summed E-state index contributed by atoms with van der Waals surface area (Å²) in [5.41, 5.74) is 2.53. The zero-order valence-corrected chi connectivity index (χ0v) is 11.0. The second-order valence-electron chi connectivity index (χ2n) is 4.68. The Balaban J connectivity index is 1.90. The van der Waals surface area contributed by atoms with E-state index in [0.29, 0.717) is 11.3 Å². The Labute approximate surface area is 121 Å². The second-order valence-corrected chi connectivity index (χ2v) is 4.68. The molecule has 0 saturated carbocycles. The van der Waals surface area contributed by atoms with E-state index in [4.69, 9.17) is 5.11 Å². The maximum Gasteiger partial charge on any atom is 0.319 e. The topological polar surface area (TPSA) is 78.8 Å². The van der Waals surface area contributed by atoms with E-state index < -0.39 is 17.7 Å². The summed E-state index contributed by atoms with van der Waals surface area (Å²) >= 11 is 0. The maximum atomic E-state index is 12.0. The summed E-state index contributed by atoms with van der Waals surface area (Å²) in [4.78, 5) is 27.1. The van der Waals surface area contributed by atoms with E-state index >= 15 is 0 Å². The molecule has 1 unspecified atom stereocenters. The van der Waals surface area contributed by atoms with Crippen molar-refractivity contribution in [2.24, 2.45) is 10.9 Å². The van der Waals surface area contributed by atoms with Gasteiger partial charge in [0, 0.05) is 23.2 Å². The molecule has 2 aromatic carbocycles. The molecule has 1 aliphatic rings. The fraction of sp³-hybridized carbons (Fsp3) is 0.0625. The van der Waals surface area contributed by atoms with Crippen LogP contribution in [0.15, 0.2) is 53.5 Å². The standard InChI is InChI=1S/C16H12N2O3/c19-15-12-7-6-11(18-10-4-2-1-3-5-10)8-14(12)17-9-13(15)16(20)21/h1-9,13,18H,(H,20,21). The summed E-state index contributed by atoms with van der Waals surface area (Å²) in [6.07, 6.45) is 1.18. The van der Waals surface area contributed by atoms with E-state index in [1.807, 2.05) is 30.3 Å². The molecule has 21 heavy (non-hydrogen) atoms. The number of rotatable bonds is 3. The third kappa shape index (κ3) is 2.53. The van der Waals surface area contributed by atoms with Gasteiger partial charge in [0.2, 0.25) is 0 Å². The summed E-state index contributed by atoms with van der Waals surface area (Å²) in [6.45, 7) is 0. The number of carbonyl (C=O) groups excluding carboxylic acids is 1. The van der Waals surface area contributed by atoms with Gasteiger partial charge in [-0.1, -0.05) is 18.2 Å². The number of carboxylic acid groups (broad SMARTS) is 1. The fourth-order valence-corrected chi connectivity index (χ4v) is 2.18. The molecule has 5 nitrogen and oxygen atoms in total. The van der Waals surface area contributed by atoms with Crippen LogP contribution in [-0.4, -0.2) is 23.1 Å². The van der Waals surface area contributed by atoms with Crippen molar-refractivity contribution >= 4 is 35.0 Å². The zero-order chi connectivity index (χ0) is 14.8. The van der Waals surface area contributed by atoms with Gasteiger partial charge in [0.15, 0.2) is 11.7 Å². The minimum atomic E-state index is -1.19.